The van der Waals surface area contributed by atoms with Gasteiger partial charge in [-0.2, -0.15) is 0 Å². The average Bonchev–Trinajstić information content (AvgIpc) is 2.83. The minimum atomic E-state index is 0.306. The molecular formula is C15H21N3O. The number of nitrogens with zero attached hydrogens (tertiary/aromatic N) is 3. The van der Waals surface area contributed by atoms with Gasteiger partial charge in [0.2, 0.25) is 0 Å². The van der Waals surface area contributed by atoms with Crippen molar-refractivity contribution < 1.29 is 5.11 Å². The fraction of sp³-hybridized carbons (Fsp3) is 0.533. The van der Waals surface area contributed by atoms with Gasteiger partial charge in [-0.05, 0) is 43.9 Å². The van der Waals surface area contributed by atoms with Crippen LogP contribution in [-0.4, -0.2) is 39.1 Å². The molecule has 0 amide bonds. The van der Waals surface area contributed by atoms with Crippen LogP contribution in [0.25, 0.3) is 5.65 Å². The third-order valence-electron chi connectivity index (χ3n) is 3.97. The number of fused-ring (bicyclic) bond motifs is 1. The predicted molar refractivity (Wildman–Crippen MR) is 75.0 cm³/mol. The maximum Gasteiger partial charge on any atom is 0.139 e. The summed E-state index contributed by atoms with van der Waals surface area (Å²) in [5.41, 5.74) is 3.38. The number of pyridine rings is 1. The van der Waals surface area contributed by atoms with Gasteiger partial charge in [-0.3, -0.25) is 4.90 Å². The SMILES string of the molecule is Cc1cccn2cc(CN3CCCC(CO)C3)nc12. The smallest absolute Gasteiger partial charge is 0.139 e. The molecule has 0 radical (unpaired) electrons. The van der Waals surface area contributed by atoms with Crippen molar-refractivity contribution in [3.05, 3.63) is 35.8 Å². The Morgan fingerprint density at radius 3 is 3.16 bits per heavy atom. The van der Waals surface area contributed by atoms with E-state index >= 15 is 0 Å². The molecule has 1 saturated heterocycles. The monoisotopic (exact) mass is 259 g/mol. The Hall–Kier alpha value is -1.39. The van der Waals surface area contributed by atoms with Crippen molar-refractivity contribution in [2.45, 2.75) is 26.3 Å². The van der Waals surface area contributed by atoms with Crippen LogP contribution in [0.15, 0.2) is 24.5 Å². The van der Waals surface area contributed by atoms with E-state index in [-0.39, 0.29) is 0 Å². The molecular weight excluding hydrogens is 238 g/mol. The first-order chi connectivity index (χ1) is 9.26. The minimum Gasteiger partial charge on any atom is -0.396 e. The average molecular weight is 259 g/mol. The molecule has 1 fully saturated rings. The van der Waals surface area contributed by atoms with Crippen molar-refractivity contribution in [1.82, 2.24) is 14.3 Å². The summed E-state index contributed by atoms with van der Waals surface area (Å²) in [5.74, 6) is 0.438. The molecule has 1 aliphatic heterocycles. The maximum absolute atomic E-state index is 9.28. The van der Waals surface area contributed by atoms with Crippen molar-refractivity contribution in [2.75, 3.05) is 19.7 Å². The Morgan fingerprint density at radius 2 is 2.37 bits per heavy atom. The number of likely N-dealkylation sites (tertiary alicyclic amines) is 1. The molecule has 4 heteroatoms. The highest BCUT2D eigenvalue weighted by atomic mass is 16.3. The molecule has 0 bridgehead atoms. The fourth-order valence-corrected chi connectivity index (χ4v) is 2.95. The van der Waals surface area contributed by atoms with Gasteiger partial charge in [-0.25, -0.2) is 4.98 Å². The molecule has 4 nitrogen and oxygen atoms in total. The number of rotatable bonds is 3. The number of aryl methyl sites for hydroxylation is 1. The van der Waals surface area contributed by atoms with Crippen LogP contribution in [0, 0.1) is 12.8 Å². The number of imidazole rings is 1. The van der Waals surface area contributed by atoms with Crippen molar-refractivity contribution in [3.63, 3.8) is 0 Å². The van der Waals surface area contributed by atoms with Crippen LogP contribution in [-0.2, 0) is 6.54 Å². The van der Waals surface area contributed by atoms with Crippen LogP contribution < -0.4 is 0 Å². The van der Waals surface area contributed by atoms with Crippen LogP contribution in [0.3, 0.4) is 0 Å². The number of aromatic nitrogens is 2. The first-order valence-electron chi connectivity index (χ1n) is 7.02. The molecule has 0 aliphatic carbocycles. The Labute approximate surface area is 113 Å². The number of aliphatic hydroxyl groups excluding tert-OH is 1. The van der Waals surface area contributed by atoms with Crippen LogP contribution in [0.4, 0.5) is 0 Å². The Morgan fingerprint density at radius 1 is 1.47 bits per heavy atom. The van der Waals surface area contributed by atoms with Crippen LogP contribution >= 0.6 is 0 Å². The normalized spacial score (nSPS) is 21.1. The molecule has 2 aromatic rings. The lowest BCUT2D eigenvalue weighted by molar-refractivity contribution is 0.115. The number of aliphatic hydroxyl groups is 1. The standard InChI is InChI=1S/C15H21N3O/c1-12-4-2-7-18-10-14(16-15(12)18)9-17-6-3-5-13(8-17)11-19/h2,4,7,10,13,19H,3,5-6,8-9,11H2,1H3. The van der Waals surface area contributed by atoms with Gasteiger partial charge in [0, 0.05) is 32.1 Å². The van der Waals surface area contributed by atoms with E-state index in [0.717, 1.165) is 37.4 Å². The molecule has 0 aromatic carbocycles. The summed E-state index contributed by atoms with van der Waals surface area (Å²) in [4.78, 5) is 7.12. The Kier molecular flexibility index (Phi) is 3.53. The lowest BCUT2D eigenvalue weighted by Gasteiger charge is -2.31. The van der Waals surface area contributed by atoms with E-state index in [9.17, 15) is 5.11 Å². The second-order valence-electron chi connectivity index (χ2n) is 5.58. The van der Waals surface area contributed by atoms with Crippen molar-refractivity contribution in [3.8, 4) is 0 Å². The Balaban J connectivity index is 1.76. The summed E-state index contributed by atoms with van der Waals surface area (Å²) in [6.07, 6.45) is 6.49. The summed E-state index contributed by atoms with van der Waals surface area (Å²) in [6.45, 7) is 5.39. The van der Waals surface area contributed by atoms with Gasteiger partial charge in [0.25, 0.3) is 0 Å². The second-order valence-corrected chi connectivity index (χ2v) is 5.58. The molecule has 0 spiro atoms. The molecule has 1 unspecified atom stereocenters. The highest BCUT2D eigenvalue weighted by molar-refractivity contribution is 5.47. The third-order valence-corrected chi connectivity index (χ3v) is 3.97. The largest absolute Gasteiger partial charge is 0.396 e. The van der Waals surface area contributed by atoms with Gasteiger partial charge in [-0.1, -0.05) is 6.07 Å². The lowest BCUT2D eigenvalue weighted by Crippen LogP contribution is -2.36. The van der Waals surface area contributed by atoms with Crippen molar-refractivity contribution in [2.24, 2.45) is 5.92 Å². The van der Waals surface area contributed by atoms with Crippen LogP contribution in [0.1, 0.15) is 24.1 Å². The highest BCUT2D eigenvalue weighted by Gasteiger charge is 2.19. The van der Waals surface area contributed by atoms with Gasteiger partial charge in [0.15, 0.2) is 0 Å². The third kappa shape index (κ3) is 2.65. The minimum absolute atomic E-state index is 0.306. The highest BCUT2D eigenvalue weighted by Crippen LogP contribution is 2.18. The zero-order chi connectivity index (χ0) is 13.2. The van der Waals surface area contributed by atoms with E-state index in [0.29, 0.717) is 12.5 Å². The molecule has 102 valence electrons. The molecule has 2 aromatic heterocycles. The summed E-state index contributed by atoms with van der Waals surface area (Å²) in [7, 11) is 0. The summed E-state index contributed by atoms with van der Waals surface area (Å²) in [6, 6.07) is 4.14. The Bertz CT molecular complexity index is 564. The van der Waals surface area contributed by atoms with Crippen LogP contribution in [0.5, 0.6) is 0 Å². The summed E-state index contributed by atoms with van der Waals surface area (Å²) >= 11 is 0. The van der Waals surface area contributed by atoms with E-state index in [4.69, 9.17) is 4.98 Å². The molecule has 1 atom stereocenters. The predicted octanol–water partition coefficient (Wildman–Crippen LogP) is 1.85. The van der Waals surface area contributed by atoms with E-state index < -0.39 is 0 Å². The molecule has 3 heterocycles. The maximum atomic E-state index is 9.28. The van der Waals surface area contributed by atoms with E-state index in [1.165, 1.54) is 12.0 Å². The molecule has 1 N–H and O–H groups in total. The zero-order valence-electron chi connectivity index (χ0n) is 11.4. The van der Waals surface area contributed by atoms with Gasteiger partial charge in [0.05, 0.1) is 5.69 Å². The first kappa shape index (κ1) is 12.6. The first-order valence-corrected chi connectivity index (χ1v) is 7.02. The summed E-state index contributed by atoms with van der Waals surface area (Å²) in [5, 5.41) is 9.28. The van der Waals surface area contributed by atoms with Crippen LogP contribution in [0.2, 0.25) is 0 Å². The van der Waals surface area contributed by atoms with Gasteiger partial charge >= 0.3 is 0 Å². The van der Waals surface area contributed by atoms with Gasteiger partial charge in [-0.15, -0.1) is 0 Å². The second kappa shape index (κ2) is 5.31. The van der Waals surface area contributed by atoms with E-state index in [1.54, 1.807) is 0 Å². The molecule has 1 aliphatic rings. The molecule has 0 saturated carbocycles. The molecule has 3 rings (SSSR count). The van der Waals surface area contributed by atoms with E-state index in [2.05, 4.69) is 34.6 Å². The number of hydrogen-bond acceptors (Lipinski definition) is 3. The fourth-order valence-electron chi connectivity index (χ4n) is 2.95. The van der Waals surface area contributed by atoms with Crippen molar-refractivity contribution in [1.29, 1.82) is 0 Å². The van der Waals surface area contributed by atoms with E-state index in [1.807, 2.05) is 6.20 Å². The number of piperidine rings is 1. The molecule has 19 heavy (non-hydrogen) atoms. The quantitative estimate of drug-likeness (QED) is 0.914. The summed E-state index contributed by atoms with van der Waals surface area (Å²) < 4.78 is 2.10. The lowest BCUT2D eigenvalue weighted by atomic mass is 9.99. The van der Waals surface area contributed by atoms with Crippen molar-refractivity contribution >= 4 is 5.65 Å². The van der Waals surface area contributed by atoms with Gasteiger partial charge in [0.1, 0.15) is 5.65 Å². The zero-order valence-corrected chi connectivity index (χ0v) is 11.4. The topological polar surface area (TPSA) is 40.8 Å². The van der Waals surface area contributed by atoms with Gasteiger partial charge < -0.3 is 9.51 Å². The number of hydrogen-bond donors (Lipinski definition) is 1.